The van der Waals surface area contributed by atoms with Crippen molar-refractivity contribution in [3.63, 3.8) is 0 Å². The average Bonchev–Trinajstić information content (AvgIpc) is 2.89. The SMILES string of the molecule is CCC1CNC(C(C)C)CN1CCc1cccs1. The van der Waals surface area contributed by atoms with Crippen LogP contribution in [0.3, 0.4) is 0 Å². The molecule has 2 rings (SSSR count). The minimum absolute atomic E-state index is 0.663. The van der Waals surface area contributed by atoms with Gasteiger partial charge in [-0.25, -0.2) is 0 Å². The Morgan fingerprint density at radius 1 is 1.50 bits per heavy atom. The summed E-state index contributed by atoms with van der Waals surface area (Å²) in [5, 5.41) is 5.89. The predicted octanol–water partition coefficient (Wildman–Crippen LogP) is 3.00. The number of nitrogens with one attached hydrogen (secondary N) is 1. The lowest BCUT2D eigenvalue weighted by atomic mass is 9.98. The van der Waals surface area contributed by atoms with Crippen molar-refractivity contribution in [3.8, 4) is 0 Å². The molecule has 0 bridgehead atoms. The zero-order chi connectivity index (χ0) is 13.0. The van der Waals surface area contributed by atoms with Gasteiger partial charge >= 0.3 is 0 Å². The molecular formula is C15H26N2S. The van der Waals surface area contributed by atoms with Gasteiger partial charge in [0.25, 0.3) is 0 Å². The van der Waals surface area contributed by atoms with E-state index < -0.39 is 0 Å². The van der Waals surface area contributed by atoms with Crippen molar-refractivity contribution in [2.24, 2.45) is 5.92 Å². The van der Waals surface area contributed by atoms with E-state index in [-0.39, 0.29) is 0 Å². The number of rotatable bonds is 5. The minimum atomic E-state index is 0.663. The van der Waals surface area contributed by atoms with Crippen LogP contribution in [0.4, 0.5) is 0 Å². The number of thiophene rings is 1. The van der Waals surface area contributed by atoms with Gasteiger partial charge in [0.15, 0.2) is 0 Å². The summed E-state index contributed by atoms with van der Waals surface area (Å²) < 4.78 is 0. The van der Waals surface area contributed by atoms with Crippen LogP contribution >= 0.6 is 11.3 Å². The van der Waals surface area contributed by atoms with Gasteiger partial charge in [0.1, 0.15) is 0 Å². The predicted molar refractivity (Wildman–Crippen MR) is 80.3 cm³/mol. The molecule has 102 valence electrons. The Hall–Kier alpha value is -0.380. The average molecular weight is 266 g/mol. The van der Waals surface area contributed by atoms with Crippen molar-refractivity contribution < 1.29 is 0 Å². The lowest BCUT2D eigenvalue weighted by Gasteiger charge is -2.41. The first-order valence-corrected chi connectivity index (χ1v) is 8.08. The number of hydrogen-bond acceptors (Lipinski definition) is 3. The normalized spacial score (nSPS) is 25.8. The van der Waals surface area contributed by atoms with Crippen molar-refractivity contribution >= 4 is 11.3 Å². The molecule has 3 heteroatoms. The quantitative estimate of drug-likeness (QED) is 0.881. The summed E-state index contributed by atoms with van der Waals surface area (Å²) >= 11 is 1.89. The van der Waals surface area contributed by atoms with Crippen LogP contribution in [0, 0.1) is 5.92 Å². The Labute approximate surface area is 115 Å². The Bertz CT molecular complexity index is 334. The summed E-state index contributed by atoms with van der Waals surface area (Å²) in [5.74, 6) is 0.729. The maximum Gasteiger partial charge on any atom is 0.0218 e. The third-order valence-electron chi connectivity index (χ3n) is 4.06. The molecule has 1 aromatic heterocycles. The van der Waals surface area contributed by atoms with E-state index in [1.165, 1.54) is 30.8 Å². The van der Waals surface area contributed by atoms with Crippen LogP contribution in [0.1, 0.15) is 32.1 Å². The van der Waals surface area contributed by atoms with Crippen LogP contribution in [0.15, 0.2) is 17.5 Å². The van der Waals surface area contributed by atoms with Gasteiger partial charge in [-0.15, -0.1) is 11.3 Å². The molecule has 0 aliphatic carbocycles. The second-order valence-corrected chi connectivity index (χ2v) is 6.68. The molecule has 2 atom stereocenters. The summed E-state index contributed by atoms with van der Waals surface area (Å²) in [5.41, 5.74) is 0. The molecule has 0 amide bonds. The minimum Gasteiger partial charge on any atom is -0.311 e. The first-order chi connectivity index (χ1) is 8.70. The van der Waals surface area contributed by atoms with E-state index in [0.29, 0.717) is 6.04 Å². The van der Waals surface area contributed by atoms with E-state index in [9.17, 15) is 0 Å². The molecule has 1 aliphatic heterocycles. The van der Waals surface area contributed by atoms with Crippen LogP contribution in [0.25, 0.3) is 0 Å². The number of hydrogen-bond donors (Lipinski definition) is 1. The van der Waals surface area contributed by atoms with Gasteiger partial charge in [0.05, 0.1) is 0 Å². The standard InChI is InChI=1S/C15H26N2S/c1-4-13-10-16-15(12(2)3)11-17(13)8-7-14-6-5-9-18-14/h5-6,9,12-13,15-16H,4,7-8,10-11H2,1-3H3. The Morgan fingerprint density at radius 2 is 2.33 bits per heavy atom. The summed E-state index contributed by atoms with van der Waals surface area (Å²) in [4.78, 5) is 4.21. The number of piperazine rings is 1. The Morgan fingerprint density at radius 3 is 2.94 bits per heavy atom. The maximum absolute atomic E-state index is 3.70. The van der Waals surface area contributed by atoms with Crippen molar-refractivity contribution in [3.05, 3.63) is 22.4 Å². The van der Waals surface area contributed by atoms with Gasteiger partial charge < -0.3 is 5.32 Å². The van der Waals surface area contributed by atoms with Gasteiger partial charge in [-0.1, -0.05) is 26.8 Å². The molecule has 0 spiro atoms. The highest BCUT2D eigenvalue weighted by atomic mass is 32.1. The smallest absolute Gasteiger partial charge is 0.0218 e. The molecule has 1 fully saturated rings. The Balaban J connectivity index is 1.89. The zero-order valence-electron chi connectivity index (χ0n) is 11.9. The third kappa shape index (κ3) is 3.56. The number of nitrogens with zero attached hydrogens (tertiary/aromatic N) is 1. The van der Waals surface area contributed by atoms with Crippen molar-refractivity contribution in [1.82, 2.24) is 10.2 Å². The molecular weight excluding hydrogens is 240 g/mol. The third-order valence-corrected chi connectivity index (χ3v) is 5.00. The first-order valence-electron chi connectivity index (χ1n) is 7.20. The van der Waals surface area contributed by atoms with Crippen LogP contribution in [-0.4, -0.2) is 36.6 Å². The van der Waals surface area contributed by atoms with Crippen LogP contribution in [0.2, 0.25) is 0 Å². The Kier molecular flexibility index (Phi) is 5.22. The second kappa shape index (κ2) is 6.69. The topological polar surface area (TPSA) is 15.3 Å². The molecule has 0 radical (unpaired) electrons. The fourth-order valence-corrected chi connectivity index (χ4v) is 3.41. The summed E-state index contributed by atoms with van der Waals surface area (Å²) in [6, 6.07) is 5.80. The lowest BCUT2D eigenvalue weighted by Crippen LogP contribution is -2.58. The highest BCUT2D eigenvalue weighted by Gasteiger charge is 2.27. The van der Waals surface area contributed by atoms with E-state index in [0.717, 1.165) is 18.5 Å². The summed E-state index contributed by atoms with van der Waals surface area (Å²) in [6.45, 7) is 10.5. The van der Waals surface area contributed by atoms with E-state index in [4.69, 9.17) is 0 Å². The molecule has 1 aliphatic rings. The summed E-state index contributed by atoms with van der Waals surface area (Å²) in [7, 11) is 0. The maximum atomic E-state index is 3.70. The fraction of sp³-hybridized carbons (Fsp3) is 0.733. The molecule has 2 unspecified atom stereocenters. The molecule has 1 saturated heterocycles. The first kappa shape index (κ1) is 14.0. The molecule has 0 saturated carbocycles. The van der Waals surface area contributed by atoms with Crippen LogP contribution in [0.5, 0.6) is 0 Å². The monoisotopic (exact) mass is 266 g/mol. The molecule has 0 aromatic carbocycles. The highest BCUT2D eigenvalue weighted by molar-refractivity contribution is 7.09. The van der Waals surface area contributed by atoms with E-state index in [1.807, 2.05) is 11.3 Å². The van der Waals surface area contributed by atoms with Gasteiger partial charge in [-0.2, -0.15) is 0 Å². The lowest BCUT2D eigenvalue weighted by molar-refractivity contribution is 0.112. The molecule has 2 nitrogen and oxygen atoms in total. The van der Waals surface area contributed by atoms with Gasteiger partial charge in [0, 0.05) is 36.6 Å². The largest absolute Gasteiger partial charge is 0.311 e. The van der Waals surface area contributed by atoms with Gasteiger partial charge in [0.2, 0.25) is 0 Å². The fourth-order valence-electron chi connectivity index (χ4n) is 2.71. The van der Waals surface area contributed by atoms with E-state index in [2.05, 4.69) is 48.5 Å². The van der Waals surface area contributed by atoms with Crippen LogP contribution < -0.4 is 5.32 Å². The molecule has 2 heterocycles. The van der Waals surface area contributed by atoms with Gasteiger partial charge in [-0.3, -0.25) is 4.90 Å². The van der Waals surface area contributed by atoms with E-state index in [1.54, 1.807) is 0 Å². The van der Waals surface area contributed by atoms with Crippen LogP contribution in [-0.2, 0) is 6.42 Å². The molecule has 1 N–H and O–H groups in total. The van der Waals surface area contributed by atoms with Gasteiger partial charge in [-0.05, 0) is 30.2 Å². The van der Waals surface area contributed by atoms with E-state index >= 15 is 0 Å². The molecule has 1 aromatic rings. The zero-order valence-corrected chi connectivity index (χ0v) is 12.7. The molecule has 18 heavy (non-hydrogen) atoms. The van der Waals surface area contributed by atoms with Crippen molar-refractivity contribution in [2.45, 2.75) is 45.7 Å². The van der Waals surface area contributed by atoms with Crippen molar-refractivity contribution in [2.75, 3.05) is 19.6 Å². The second-order valence-electron chi connectivity index (χ2n) is 5.65. The van der Waals surface area contributed by atoms with Crippen molar-refractivity contribution in [1.29, 1.82) is 0 Å². The highest BCUT2D eigenvalue weighted by Crippen LogP contribution is 2.17. The summed E-state index contributed by atoms with van der Waals surface area (Å²) in [6.07, 6.45) is 2.46.